The molecule has 3 aromatic rings. The van der Waals surface area contributed by atoms with E-state index < -0.39 is 15.9 Å². The molecule has 3 rings (SSSR count). The van der Waals surface area contributed by atoms with Crippen molar-refractivity contribution in [1.29, 1.82) is 0 Å². The zero-order chi connectivity index (χ0) is 21.8. The lowest BCUT2D eigenvalue weighted by atomic mass is 9.87. The van der Waals surface area contributed by atoms with Crippen molar-refractivity contribution in [3.63, 3.8) is 0 Å². The SMILES string of the molecule is CC(C)(C)c1ccc(/C=N\N=C([O-])c2ccc(NS(=O)(=O)c3cccs3)cc2)cc1. The topological polar surface area (TPSA) is 93.9 Å². The predicted octanol–water partition coefficient (Wildman–Crippen LogP) is 3.99. The van der Waals surface area contributed by atoms with E-state index in [1.807, 2.05) is 24.3 Å². The molecule has 0 aliphatic rings. The maximum absolute atomic E-state index is 12.2. The molecule has 0 unspecified atom stereocenters. The zero-order valence-electron chi connectivity index (χ0n) is 16.9. The largest absolute Gasteiger partial charge is 0.857 e. The summed E-state index contributed by atoms with van der Waals surface area (Å²) >= 11 is 1.13. The van der Waals surface area contributed by atoms with Gasteiger partial charge in [-0.1, -0.05) is 63.2 Å². The molecule has 6 nitrogen and oxygen atoms in total. The van der Waals surface area contributed by atoms with E-state index in [-0.39, 0.29) is 9.62 Å². The van der Waals surface area contributed by atoms with Crippen LogP contribution in [-0.4, -0.2) is 20.5 Å². The molecule has 30 heavy (non-hydrogen) atoms. The summed E-state index contributed by atoms with van der Waals surface area (Å²) in [5.74, 6) is -0.509. The predicted molar refractivity (Wildman–Crippen MR) is 121 cm³/mol. The summed E-state index contributed by atoms with van der Waals surface area (Å²) in [4.78, 5) is 0. The van der Waals surface area contributed by atoms with Crippen LogP contribution in [0.5, 0.6) is 0 Å². The third kappa shape index (κ3) is 5.55. The van der Waals surface area contributed by atoms with Crippen molar-refractivity contribution in [1.82, 2.24) is 0 Å². The van der Waals surface area contributed by atoms with Crippen molar-refractivity contribution < 1.29 is 13.5 Å². The molecule has 0 saturated carbocycles. The first-order valence-corrected chi connectivity index (χ1v) is 11.6. The van der Waals surface area contributed by atoms with E-state index in [0.29, 0.717) is 11.3 Å². The van der Waals surface area contributed by atoms with Crippen molar-refractivity contribution in [2.24, 2.45) is 10.2 Å². The zero-order valence-corrected chi connectivity index (χ0v) is 18.5. The van der Waals surface area contributed by atoms with Crippen LogP contribution in [0.15, 0.2) is 80.5 Å². The van der Waals surface area contributed by atoms with Gasteiger partial charge in [-0.3, -0.25) is 4.72 Å². The molecular formula is C22H22N3O3S2-. The maximum atomic E-state index is 12.2. The van der Waals surface area contributed by atoms with Gasteiger partial charge in [-0.25, -0.2) is 8.42 Å². The quantitative estimate of drug-likeness (QED) is 0.357. The molecule has 0 aliphatic heterocycles. The van der Waals surface area contributed by atoms with Crippen molar-refractivity contribution in [3.8, 4) is 0 Å². The molecule has 1 aromatic heterocycles. The molecular weight excluding hydrogens is 418 g/mol. The fourth-order valence-electron chi connectivity index (χ4n) is 2.58. The van der Waals surface area contributed by atoms with Crippen LogP contribution in [0.4, 0.5) is 5.69 Å². The summed E-state index contributed by atoms with van der Waals surface area (Å²) in [5.41, 5.74) is 2.80. The molecule has 0 atom stereocenters. The van der Waals surface area contributed by atoms with Crippen LogP contribution in [0.1, 0.15) is 37.5 Å². The van der Waals surface area contributed by atoms with Gasteiger partial charge in [-0.15, -0.1) is 11.3 Å². The van der Waals surface area contributed by atoms with Gasteiger partial charge >= 0.3 is 0 Å². The Bertz CT molecular complexity index is 1140. The van der Waals surface area contributed by atoms with Crippen LogP contribution in [0.25, 0.3) is 0 Å². The highest BCUT2D eigenvalue weighted by molar-refractivity contribution is 7.94. The van der Waals surface area contributed by atoms with Crippen LogP contribution in [0.2, 0.25) is 0 Å². The molecule has 156 valence electrons. The number of sulfonamides is 1. The Hall–Kier alpha value is -2.97. The second kappa shape index (κ2) is 8.81. The van der Waals surface area contributed by atoms with Crippen LogP contribution in [-0.2, 0) is 15.4 Å². The average molecular weight is 441 g/mol. The summed E-state index contributed by atoms with van der Waals surface area (Å²) < 4.78 is 27.2. The van der Waals surface area contributed by atoms with E-state index in [9.17, 15) is 13.5 Å². The Morgan fingerprint density at radius 3 is 2.27 bits per heavy atom. The van der Waals surface area contributed by atoms with E-state index in [2.05, 4.69) is 35.7 Å². The lowest BCUT2D eigenvalue weighted by molar-refractivity contribution is -0.213. The fraction of sp³-hybridized carbons (Fsp3) is 0.182. The summed E-state index contributed by atoms with van der Waals surface area (Å²) in [5, 5.41) is 21.4. The number of thiophene rings is 1. The van der Waals surface area contributed by atoms with Gasteiger partial charge in [0.25, 0.3) is 10.0 Å². The van der Waals surface area contributed by atoms with Crippen molar-refractivity contribution in [2.75, 3.05) is 4.72 Å². The van der Waals surface area contributed by atoms with Gasteiger partial charge < -0.3 is 5.11 Å². The Labute approximate surface area is 180 Å². The first-order chi connectivity index (χ1) is 14.1. The Morgan fingerprint density at radius 1 is 1.03 bits per heavy atom. The number of hydrogen-bond acceptors (Lipinski definition) is 6. The number of nitrogens with one attached hydrogen (secondary N) is 1. The van der Waals surface area contributed by atoms with Gasteiger partial charge in [0.1, 0.15) is 4.21 Å². The normalized spacial score (nSPS) is 13.0. The molecule has 0 amide bonds. The minimum absolute atomic E-state index is 0.0696. The second-order valence-corrected chi connectivity index (χ2v) is 10.5. The molecule has 0 spiro atoms. The molecule has 8 heteroatoms. The molecule has 0 bridgehead atoms. The minimum atomic E-state index is -3.62. The fourth-order valence-corrected chi connectivity index (χ4v) is 4.63. The number of hydrogen-bond donors (Lipinski definition) is 1. The lowest BCUT2D eigenvalue weighted by Gasteiger charge is -2.18. The highest BCUT2D eigenvalue weighted by atomic mass is 32.2. The van der Waals surface area contributed by atoms with Crippen LogP contribution >= 0.6 is 11.3 Å². The molecule has 2 aromatic carbocycles. The summed E-state index contributed by atoms with van der Waals surface area (Å²) in [6, 6.07) is 17.2. The van der Waals surface area contributed by atoms with E-state index in [0.717, 1.165) is 16.9 Å². The molecule has 0 aliphatic carbocycles. The van der Waals surface area contributed by atoms with Gasteiger partial charge in [0.2, 0.25) is 0 Å². The van der Waals surface area contributed by atoms with Crippen molar-refractivity contribution >= 4 is 39.2 Å². The van der Waals surface area contributed by atoms with Crippen LogP contribution < -0.4 is 9.83 Å². The standard InChI is InChI=1S/C22H23N3O3S2/c1-22(2,3)18-10-6-16(7-11-18)15-23-24-21(26)17-8-12-19(13-9-17)25-30(27,28)20-5-4-14-29-20/h4-15,25H,1-3H3,(H,24,26)/p-1/b23-15-. The van der Waals surface area contributed by atoms with Crippen LogP contribution in [0.3, 0.4) is 0 Å². The highest BCUT2D eigenvalue weighted by Crippen LogP contribution is 2.22. The number of rotatable bonds is 6. The van der Waals surface area contributed by atoms with Gasteiger partial charge in [0.15, 0.2) is 0 Å². The number of anilines is 1. The molecule has 0 radical (unpaired) electrons. The smallest absolute Gasteiger partial charge is 0.271 e. The number of benzene rings is 2. The third-order valence-electron chi connectivity index (χ3n) is 4.28. The Kier molecular flexibility index (Phi) is 6.38. The minimum Gasteiger partial charge on any atom is -0.857 e. The molecule has 1 N–H and O–H groups in total. The summed E-state index contributed by atoms with van der Waals surface area (Å²) in [7, 11) is -3.62. The van der Waals surface area contributed by atoms with Crippen LogP contribution in [0, 0.1) is 0 Å². The highest BCUT2D eigenvalue weighted by Gasteiger charge is 2.15. The molecule has 0 fully saturated rings. The van der Waals surface area contributed by atoms with E-state index in [1.165, 1.54) is 42.1 Å². The van der Waals surface area contributed by atoms with E-state index in [1.54, 1.807) is 11.4 Å². The Balaban J connectivity index is 1.66. The lowest BCUT2D eigenvalue weighted by Crippen LogP contribution is -2.18. The van der Waals surface area contributed by atoms with Crippen molar-refractivity contribution in [2.45, 2.75) is 30.4 Å². The van der Waals surface area contributed by atoms with Gasteiger partial charge in [-0.05, 0) is 45.7 Å². The maximum Gasteiger partial charge on any atom is 0.271 e. The first kappa shape index (κ1) is 21.7. The van der Waals surface area contributed by atoms with E-state index >= 15 is 0 Å². The molecule has 0 saturated heterocycles. The van der Waals surface area contributed by atoms with E-state index in [4.69, 9.17) is 0 Å². The second-order valence-electron chi connectivity index (χ2n) is 7.64. The first-order valence-electron chi connectivity index (χ1n) is 9.20. The van der Waals surface area contributed by atoms with Gasteiger partial charge in [-0.2, -0.15) is 10.2 Å². The average Bonchev–Trinajstić information content (AvgIpc) is 3.24. The monoisotopic (exact) mass is 440 g/mol. The third-order valence-corrected chi connectivity index (χ3v) is 7.05. The number of nitrogens with zero attached hydrogens (tertiary/aromatic N) is 2. The van der Waals surface area contributed by atoms with Gasteiger partial charge in [0, 0.05) is 11.6 Å². The molecule has 1 heterocycles. The van der Waals surface area contributed by atoms with Crippen molar-refractivity contribution in [3.05, 3.63) is 82.7 Å². The summed E-state index contributed by atoms with van der Waals surface area (Å²) in [6.07, 6.45) is 1.52. The van der Waals surface area contributed by atoms with Gasteiger partial charge in [0.05, 0.1) is 6.21 Å². The summed E-state index contributed by atoms with van der Waals surface area (Å²) in [6.45, 7) is 6.42. The Morgan fingerprint density at radius 2 is 1.70 bits per heavy atom.